The van der Waals surface area contributed by atoms with Gasteiger partial charge in [0, 0.05) is 11.6 Å². The SMILES string of the molecule is N=C(CO)[n+]1cc(-c2ccc(OC(F)(F)F)cc2)ccc1N. The maximum absolute atomic E-state index is 12.1. The summed E-state index contributed by atoms with van der Waals surface area (Å²) in [7, 11) is 0. The number of aliphatic hydroxyl groups is 1. The van der Waals surface area contributed by atoms with Crippen molar-refractivity contribution in [3.05, 3.63) is 42.6 Å². The van der Waals surface area contributed by atoms with Crippen molar-refractivity contribution in [1.82, 2.24) is 0 Å². The molecule has 0 fully saturated rings. The lowest BCUT2D eigenvalue weighted by atomic mass is 10.1. The van der Waals surface area contributed by atoms with E-state index in [0.717, 1.165) is 0 Å². The van der Waals surface area contributed by atoms with Gasteiger partial charge in [-0.1, -0.05) is 12.1 Å². The molecule has 2 aromatic rings. The average molecular weight is 312 g/mol. The molecule has 0 radical (unpaired) electrons. The third kappa shape index (κ3) is 3.73. The molecule has 22 heavy (non-hydrogen) atoms. The number of rotatable bonds is 3. The largest absolute Gasteiger partial charge is 0.573 e. The van der Waals surface area contributed by atoms with Crippen LogP contribution in [0.4, 0.5) is 19.0 Å². The third-order valence-electron chi connectivity index (χ3n) is 2.84. The fourth-order valence-corrected chi connectivity index (χ4v) is 1.84. The molecule has 0 saturated carbocycles. The van der Waals surface area contributed by atoms with Crippen molar-refractivity contribution >= 4 is 11.7 Å². The van der Waals surface area contributed by atoms with Crippen molar-refractivity contribution in [2.45, 2.75) is 6.36 Å². The van der Waals surface area contributed by atoms with Gasteiger partial charge in [-0.2, -0.15) is 5.41 Å². The smallest absolute Gasteiger partial charge is 0.406 e. The van der Waals surface area contributed by atoms with Gasteiger partial charge < -0.3 is 15.6 Å². The number of nitrogen functional groups attached to an aromatic ring is 1. The highest BCUT2D eigenvalue weighted by molar-refractivity contribution is 5.73. The Morgan fingerprint density at radius 3 is 2.27 bits per heavy atom. The van der Waals surface area contributed by atoms with Gasteiger partial charge in [0.2, 0.25) is 5.82 Å². The first-order valence-corrected chi connectivity index (χ1v) is 6.16. The standard InChI is InChI=1S/C14H12F3N3O2/c15-14(16,17)22-11-4-1-9(2-5-11)10-3-6-12(18)20(7-10)13(19)8-21/h1-7,18-19,21H,8H2/p+1. The van der Waals surface area contributed by atoms with Crippen LogP contribution in [-0.4, -0.2) is 23.9 Å². The van der Waals surface area contributed by atoms with Crippen molar-refractivity contribution in [2.75, 3.05) is 12.3 Å². The van der Waals surface area contributed by atoms with Crippen LogP contribution >= 0.6 is 0 Å². The van der Waals surface area contributed by atoms with Crippen molar-refractivity contribution in [3.8, 4) is 16.9 Å². The van der Waals surface area contributed by atoms with E-state index in [1.54, 1.807) is 12.1 Å². The van der Waals surface area contributed by atoms with E-state index in [4.69, 9.17) is 16.2 Å². The molecule has 1 aromatic heterocycles. The first kappa shape index (κ1) is 15.8. The predicted molar refractivity (Wildman–Crippen MR) is 73.4 cm³/mol. The summed E-state index contributed by atoms with van der Waals surface area (Å²) in [6, 6.07) is 8.51. The van der Waals surface area contributed by atoms with Crippen LogP contribution in [0.3, 0.4) is 0 Å². The lowest BCUT2D eigenvalue weighted by Crippen LogP contribution is -2.46. The molecule has 5 nitrogen and oxygen atoms in total. The number of nitrogens with zero attached hydrogens (tertiary/aromatic N) is 1. The lowest BCUT2D eigenvalue weighted by molar-refractivity contribution is -0.543. The Kier molecular flexibility index (Phi) is 4.32. The van der Waals surface area contributed by atoms with E-state index in [-0.39, 0.29) is 17.4 Å². The summed E-state index contributed by atoms with van der Waals surface area (Å²) < 4.78 is 41.4. The van der Waals surface area contributed by atoms with Crippen molar-refractivity contribution in [3.63, 3.8) is 0 Å². The van der Waals surface area contributed by atoms with Crippen LogP contribution in [0.25, 0.3) is 11.1 Å². The minimum absolute atomic E-state index is 0.114. The number of aromatic nitrogens is 1. The number of pyridine rings is 1. The van der Waals surface area contributed by atoms with E-state index in [2.05, 4.69) is 4.74 Å². The van der Waals surface area contributed by atoms with Gasteiger partial charge in [-0.3, -0.25) is 0 Å². The molecule has 4 N–H and O–H groups in total. The first-order valence-electron chi connectivity index (χ1n) is 6.16. The molecule has 0 atom stereocenters. The molecule has 0 saturated heterocycles. The van der Waals surface area contributed by atoms with Crippen LogP contribution in [0.2, 0.25) is 0 Å². The van der Waals surface area contributed by atoms with Gasteiger partial charge in [0.1, 0.15) is 12.4 Å². The zero-order chi connectivity index (χ0) is 16.3. The highest BCUT2D eigenvalue weighted by Crippen LogP contribution is 2.26. The molecular weight excluding hydrogens is 299 g/mol. The summed E-state index contributed by atoms with van der Waals surface area (Å²) in [5.74, 6) is -0.168. The van der Waals surface area contributed by atoms with Gasteiger partial charge in [-0.15, -0.1) is 13.2 Å². The summed E-state index contributed by atoms with van der Waals surface area (Å²) >= 11 is 0. The molecule has 2 rings (SSSR count). The highest BCUT2D eigenvalue weighted by atomic mass is 19.4. The fourth-order valence-electron chi connectivity index (χ4n) is 1.84. The van der Waals surface area contributed by atoms with Gasteiger partial charge in [0.15, 0.2) is 0 Å². The molecule has 1 heterocycles. The van der Waals surface area contributed by atoms with Crippen molar-refractivity contribution < 1.29 is 27.6 Å². The zero-order valence-corrected chi connectivity index (χ0v) is 11.3. The number of aliphatic hydroxyl groups excluding tert-OH is 1. The van der Waals surface area contributed by atoms with E-state index in [0.29, 0.717) is 11.1 Å². The van der Waals surface area contributed by atoms with Crippen LogP contribution in [0.15, 0.2) is 42.6 Å². The Hall–Kier alpha value is -2.61. The van der Waals surface area contributed by atoms with Crippen LogP contribution < -0.4 is 15.0 Å². The predicted octanol–water partition coefficient (Wildman–Crippen LogP) is 1.94. The van der Waals surface area contributed by atoms with E-state index in [1.165, 1.54) is 35.0 Å². The van der Waals surface area contributed by atoms with Crippen LogP contribution in [-0.2, 0) is 0 Å². The Morgan fingerprint density at radius 1 is 1.14 bits per heavy atom. The van der Waals surface area contributed by atoms with E-state index >= 15 is 0 Å². The minimum Gasteiger partial charge on any atom is -0.406 e. The lowest BCUT2D eigenvalue weighted by Gasteiger charge is -2.10. The molecular formula is C14H13F3N3O2+. The number of hydrogen-bond donors (Lipinski definition) is 3. The van der Waals surface area contributed by atoms with Gasteiger partial charge >= 0.3 is 6.36 Å². The number of alkyl halides is 3. The maximum atomic E-state index is 12.1. The number of halogens is 3. The molecule has 0 bridgehead atoms. The Bertz CT molecular complexity index is 685. The second kappa shape index (κ2) is 6.02. The molecule has 1 aromatic carbocycles. The second-order valence-corrected chi connectivity index (χ2v) is 4.39. The molecule has 0 aliphatic carbocycles. The summed E-state index contributed by atoms with van der Waals surface area (Å²) in [5.41, 5.74) is 6.95. The van der Waals surface area contributed by atoms with Crippen molar-refractivity contribution in [1.29, 1.82) is 5.41 Å². The number of benzene rings is 1. The molecule has 0 spiro atoms. The quantitative estimate of drug-likeness (QED) is 0.460. The van der Waals surface area contributed by atoms with Crippen LogP contribution in [0.1, 0.15) is 0 Å². The van der Waals surface area contributed by atoms with Gasteiger partial charge in [-0.25, -0.2) is 4.57 Å². The third-order valence-corrected chi connectivity index (χ3v) is 2.84. The highest BCUT2D eigenvalue weighted by Gasteiger charge is 2.30. The first-order chi connectivity index (χ1) is 10.3. The van der Waals surface area contributed by atoms with E-state index in [9.17, 15) is 13.2 Å². The Labute approximate surface area is 123 Å². The molecule has 0 unspecified atom stereocenters. The minimum atomic E-state index is -4.73. The summed E-state index contributed by atoms with van der Waals surface area (Å²) in [6.45, 7) is -0.489. The van der Waals surface area contributed by atoms with Crippen LogP contribution in [0.5, 0.6) is 5.75 Å². The van der Waals surface area contributed by atoms with E-state index in [1.807, 2.05) is 0 Å². The Morgan fingerprint density at radius 2 is 1.73 bits per heavy atom. The average Bonchev–Trinajstić information content (AvgIpc) is 2.46. The van der Waals surface area contributed by atoms with Gasteiger partial charge in [0.05, 0.1) is 6.20 Å². The zero-order valence-electron chi connectivity index (χ0n) is 11.3. The monoisotopic (exact) mass is 312 g/mol. The molecule has 8 heteroatoms. The molecule has 0 aliphatic rings. The number of ether oxygens (including phenoxy) is 1. The van der Waals surface area contributed by atoms with Crippen molar-refractivity contribution in [2.24, 2.45) is 0 Å². The second-order valence-electron chi connectivity index (χ2n) is 4.39. The van der Waals surface area contributed by atoms with Gasteiger partial charge in [-0.05, 0) is 23.8 Å². The topological polar surface area (TPSA) is 83.2 Å². The number of hydrogen-bond acceptors (Lipinski definition) is 4. The summed E-state index contributed by atoms with van der Waals surface area (Å²) in [4.78, 5) is 0. The van der Waals surface area contributed by atoms with E-state index < -0.39 is 13.0 Å². The molecule has 0 amide bonds. The number of anilines is 1. The number of nitrogens with two attached hydrogens (primary N) is 1. The Balaban J connectivity index is 2.31. The number of nitrogens with one attached hydrogen (secondary N) is 1. The molecule has 0 aliphatic heterocycles. The fraction of sp³-hybridized carbons (Fsp3) is 0.143. The van der Waals surface area contributed by atoms with Gasteiger partial charge in [0.25, 0.3) is 5.84 Å². The molecule has 116 valence electrons. The summed E-state index contributed by atoms with van der Waals surface area (Å²) in [5, 5.41) is 16.6. The maximum Gasteiger partial charge on any atom is 0.573 e. The van der Waals surface area contributed by atoms with Crippen LogP contribution in [0, 0.1) is 5.41 Å². The summed E-state index contributed by atoms with van der Waals surface area (Å²) in [6.07, 6.45) is -3.21. The normalized spacial score (nSPS) is 11.3.